The zero-order chi connectivity index (χ0) is 21.1. The first kappa shape index (κ1) is 20.1. The van der Waals surface area contributed by atoms with Crippen LogP contribution < -0.4 is 16.0 Å². The molecule has 1 aliphatic carbocycles. The van der Waals surface area contributed by atoms with Gasteiger partial charge in [-0.15, -0.1) is 0 Å². The second-order valence-electron chi connectivity index (χ2n) is 6.89. The van der Waals surface area contributed by atoms with Gasteiger partial charge in [-0.25, -0.2) is 9.59 Å². The second-order valence-corrected chi connectivity index (χ2v) is 6.89. The monoisotopic (exact) mass is 400 g/mol. The highest BCUT2D eigenvalue weighted by atomic mass is 16.5. The van der Waals surface area contributed by atoms with E-state index in [9.17, 15) is 29.4 Å². The molecule has 0 amide bonds. The van der Waals surface area contributed by atoms with Gasteiger partial charge >= 0.3 is 17.9 Å². The van der Waals surface area contributed by atoms with Crippen molar-refractivity contribution in [2.24, 2.45) is 5.92 Å². The van der Waals surface area contributed by atoms with Crippen LogP contribution in [-0.4, -0.2) is 33.1 Å². The van der Waals surface area contributed by atoms with E-state index in [0.29, 0.717) is 0 Å². The van der Waals surface area contributed by atoms with E-state index in [4.69, 9.17) is 10.5 Å². The molecule has 29 heavy (non-hydrogen) atoms. The average molecular weight is 400 g/mol. The Bertz CT molecular complexity index is 1040. The summed E-state index contributed by atoms with van der Waals surface area (Å²) in [5.74, 6) is -4.03. The highest BCUT2D eigenvalue weighted by Gasteiger charge is 2.27. The second kappa shape index (κ2) is 8.17. The summed E-state index contributed by atoms with van der Waals surface area (Å²) in [6, 6.07) is 5.73. The van der Waals surface area contributed by atoms with Crippen LogP contribution in [-0.2, 0) is 4.79 Å². The predicted octanol–water partition coefficient (Wildman–Crippen LogP) is 2.51. The molecular weight excluding hydrogens is 380 g/mol. The quantitative estimate of drug-likeness (QED) is 0.440. The number of H-pyrrole nitrogens is 1. The first-order valence-corrected chi connectivity index (χ1v) is 9.14. The fourth-order valence-electron chi connectivity index (χ4n) is 3.59. The fourth-order valence-corrected chi connectivity index (χ4v) is 3.59. The average Bonchev–Trinajstić information content (AvgIpc) is 2.67. The number of ether oxygens (including phenoxy) is 1. The molecule has 0 aliphatic heterocycles. The van der Waals surface area contributed by atoms with Crippen LogP contribution in [0.1, 0.15) is 52.8 Å². The van der Waals surface area contributed by atoms with Crippen LogP contribution in [0.15, 0.2) is 29.1 Å². The number of esters is 1. The van der Waals surface area contributed by atoms with Crippen LogP contribution in [0.25, 0.3) is 11.1 Å². The lowest BCUT2D eigenvalue weighted by Crippen LogP contribution is -2.24. The number of pyridine rings is 1. The Morgan fingerprint density at radius 1 is 1.03 bits per heavy atom. The van der Waals surface area contributed by atoms with E-state index in [1.54, 1.807) is 0 Å². The smallest absolute Gasteiger partial charge is 0.342 e. The third-order valence-corrected chi connectivity index (χ3v) is 4.95. The maximum Gasteiger partial charge on any atom is 0.342 e. The molecule has 1 aliphatic rings. The minimum Gasteiger partial charge on any atom is -0.478 e. The molecule has 1 saturated carbocycles. The van der Waals surface area contributed by atoms with E-state index < -0.39 is 34.4 Å². The normalized spacial score (nSPS) is 14.3. The van der Waals surface area contributed by atoms with E-state index in [1.807, 2.05) is 4.98 Å². The Morgan fingerprint density at radius 2 is 1.69 bits per heavy atom. The number of aromatic nitrogens is 1. The zero-order valence-electron chi connectivity index (χ0n) is 15.4. The molecule has 1 fully saturated rings. The zero-order valence-corrected chi connectivity index (χ0v) is 15.4. The van der Waals surface area contributed by atoms with Crippen molar-refractivity contribution in [1.29, 1.82) is 0 Å². The van der Waals surface area contributed by atoms with Gasteiger partial charge in [0.05, 0.1) is 5.92 Å². The Morgan fingerprint density at radius 3 is 2.31 bits per heavy atom. The molecule has 1 aromatic heterocycles. The number of aromatic carboxylic acids is 2. The molecule has 3 rings (SSSR count). The lowest BCUT2D eigenvalue weighted by molar-refractivity contribution is -0.139. The summed E-state index contributed by atoms with van der Waals surface area (Å²) in [4.78, 5) is 49.9. The van der Waals surface area contributed by atoms with Gasteiger partial charge in [0, 0.05) is 5.56 Å². The lowest BCUT2D eigenvalue weighted by Gasteiger charge is -2.20. The SMILES string of the molecule is Nc1[nH]c(=O)c(C(=O)O)c(-c2cccc(OC(=O)C3CCCCC3)c2)c1C(=O)O. The van der Waals surface area contributed by atoms with Gasteiger partial charge in [-0.05, 0) is 30.5 Å². The summed E-state index contributed by atoms with van der Waals surface area (Å²) >= 11 is 0. The lowest BCUT2D eigenvalue weighted by atomic mass is 9.89. The summed E-state index contributed by atoms with van der Waals surface area (Å²) < 4.78 is 5.43. The molecule has 9 nitrogen and oxygen atoms in total. The number of rotatable bonds is 5. The first-order chi connectivity index (χ1) is 13.8. The third kappa shape index (κ3) is 4.13. The van der Waals surface area contributed by atoms with Crippen LogP contribution in [0, 0.1) is 5.92 Å². The topological polar surface area (TPSA) is 160 Å². The molecule has 0 bridgehead atoms. The third-order valence-electron chi connectivity index (χ3n) is 4.95. The molecule has 9 heteroatoms. The molecule has 1 heterocycles. The Labute approximate surface area is 165 Å². The van der Waals surface area contributed by atoms with Crippen molar-refractivity contribution in [2.45, 2.75) is 32.1 Å². The van der Waals surface area contributed by atoms with E-state index >= 15 is 0 Å². The standard InChI is InChI=1S/C20H20N2O7/c21-16-14(18(24)25)13(15(19(26)27)17(23)22-16)11-7-4-8-12(9-11)29-20(28)10-5-2-1-3-6-10/h4,7-10H,1-3,5-6H2,(H,24,25)(H,26,27)(H3,21,22,23). The molecular formula is C20H20N2O7. The Kier molecular flexibility index (Phi) is 5.67. The van der Waals surface area contributed by atoms with Gasteiger partial charge in [0.15, 0.2) is 0 Å². The molecule has 152 valence electrons. The van der Waals surface area contributed by atoms with Gasteiger partial charge in [-0.2, -0.15) is 0 Å². The number of nitrogens with one attached hydrogen (secondary N) is 1. The highest BCUT2D eigenvalue weighted by molar-refractivity contribution is 6.07. The number of benzene rings is 1. The molecule has 2 aromatic rings. The van der Waals surface area contributed by atoms with E-state index in [1.165, 1.54) is 24.3 Å². The predicted molar refractivity (Wildman–Crippen MR) is 103 cm³/mol. The molecule has 0 radical (unpaired) electrons. The number of aromatic amines is 1. The highest BCUT2D eigenvalue weighted by Crippen LogP contribution is 2.32. The molecule has 1 aromatic carbocycles. The number of hydrogen-bond acceptors (Lipinski definition) is 6. The van der Waals surface area contributed by atoms with Gasteiger partial charge in [0.1, 0.15) is 22.7 Å². The van der Waals surface area contributed by atoms with Crippen LogP contribution in [0.4, 0.5) is 5.82 Å². The van der Waals surface area contributed by atoms with Gasteiger partial charge in [0.25, 0.3) is 5.56 Å². The van der Waals surface area contributed by atoms with Gasteiger partial charge in [-0.3, -0.25) is 9.59 Å². The summed E-state index contributed by atoms with van der Waals surface area (Å²) in [6.45, 7) is 0. The number of carbonyl (C=O) groups excluding carboxylic acids is 1. The molecule has 0 atom stereocenters. The van der Waals surface area contributed by atoms with Crippen molar-refractivity contribution >= 4 is 23.7 Å². The van der Waals surface area contributed by atoms with Crippen molar-refractivity contribution < 1.29 is 29.3 Å². The van der Waals surface area contributed by atoms with E-state index in [-0.39, 0.29) is 28.8 Å². The van der Waals surface area contributed by atoms with Crippen molar-refractivity contribution in [3.8, 4) is 16.9 Å². The van der Waals surface area contributed by atoms with Crippen LogP contribution in [0.2, 0.25) is 0 Å². The van der Waals surface area contributed by atoms with E-state index in [0.717, 1.165) is 32.1 Å². The Hall–Kier alpha value is -3.62. The molecule has 0 unspecified atom stereocenters. The Balaban J connectivity index is 2.06. The first-order valence-electron chi connectivity index (χ1n) is 9.14. The van der Waals surface area contributed by atoms with Crippen LogP contribution >= 0.6 is 0 Å². The maximum absolute atomic E-state index is 12.4. The number of carboxylic acid groups (broad SMARTS) is 2. The number of nitrogen functional groups attached to an aromatic ring is 1. The number of carbonyl (C=O) groups is 3. The number of nitrogens with two attached hydrogens (primary N) is 1. The number of anilines is 1. The van der Waals surface area contributed by atoms with Crippen molar-refractivity contribution in [1.82, 2.24) is 4.98 Å². The fraction of sp³-hybridized carbons (Fsp3) is 0.300. The van der Waals surface area contributed by atoms with Crippen molar-refractivity contribution in [2.75, 3.05) is 5.73 Å². The maximum atomic E-state index is 12.4. The van der Waals surface area contributed by atoms with Crippen LogP contribution in [0.5, 0.6) is 5.75 Å². The van der Waals surface area contributed by atoms with E-state index in [2.05, 4.69) is 0 Å². The summed E-state index contributed by atoms with van der Waals surface area (Å²) in [7, 11) is 0. The largest absolute Gasteiger partial charge is 0.478 e. The molecule has 0 saturated heterocycles. The minimum atomic E-state index is -1.60. The molecule has 5 N–H and O–H groups in total. The summed E-state index contributed by atoms with van der Waals surface area (Å²) in [5.41, 5.74) is 3.05. The van der Waals surface area contributed by atoms with Crippen molar-refractivity contribution in [3.05, 3.63) is 45.7 Å². The van der Waals surface area contributed by atoms with Crippen LogP contribution in [0.3, 0.4) is 0 Å². The summed E-state index contributed by atoms with van der Waals surface area (Å²) in [5, 5.41) is 19.0. The van der Waals surface area contributed by atoms with Gasteiger partial charge in [-0.1, -0.05) is 31.4 Å². The van der Waals surface area contributed by atoms with Crippen molar-refractivity contribution in [3.63, 3.8) is 0 Å². The summed E-state index contributed by atoms with van der Waals surface area (Å²) in [6.07, 6.45) is 4.48. The van der Waals surface area contributed by atoms with Gasteiger partial charge in [0.2, 0.25) is 0 Å². The number of carboxylic acids is 2. The minimum absolute atomic E-state index is 0.0894. The molecule has 0 spiro atoms. The number of hydrogen-bond donors (Lipinski definition) is 4. The van der Waals surface area contributed by atoms with Gasteiger partial charge < -0.3 is 25.7 Å².